The predicted molar refractivity (Wildman–Crippen MR) is 135 cm³/mol. The van der Waals surface area contributed by atoms with Crippen LogP contribution in [-0.2, 0) is 17.8 Å². The van der Waals surface area contributed by atoms with Gasteiger partial charge in [0.2, 0.25) is 0 Å². The first-order valence-electron chi connectivity index (χ1n) is 11.2. The van der Waals surface area contributed by atoms with Crippen LogP contribution in [0.2, 0.25) is 0 Å². The molecule has 0 saturated heterocycles. The van der Waals surface area contributed by atoms with Crippen molar-refractivity contribution in [3.05, 3.63) is 57.8 Å². The van der Waals surface area contributed by atoms with Crippen LogP contribution in [0.3, 0.4) is 0 Å². The summed E-state index contributed by atoms with van der Waals surface area (Å²) < 4.78 is 6.56. The first-order chi connectivity index (χ1) is 15.5. The summed E-state index contributed by atoms with van der Waals surface area (Å²) in [4.78, 5) is 21.9. The van der Waals surface area contributed by atoms with Gasteiger partial charge in [0.15, 0.2) is 0 Å². The molecule has 0 unspecified atom stereocenters. The van der Waals surface area contributed by atoms with Crippen molar-refractivity contribution in [3.63, 3.8) is 0 Å². The Morgan fingerprint density at radius 2 is 2.19 bits per heavy atom. The number of anilines is 2. The van der Waals surface area contributed by atoms with E-state index < -0.39 is 0 Å². The number of carbonyl (C=O) groups excluding carboxylic acids is 1. The van der Waals surface area contributed by atoms with Crippen molar-refractivity contribution < 1.29 is 9.53 Å². The summed E-state index contributed by atoms with van der Waals surface area (Å²) in [5.74, 6) is 1.51. The Hall–Kier alpha value is -2.67. The van der Waals surface area contributed by atoms with Gasteiger partial charge in [0.1, 0.15) is 17.3 Å². The largest absolute Gasteiger partial charge is 0.492 e. The summed E-state index contributed by atoms with van der Waals surface area (Å²) >= 11 is 3.49. The number of aliphatic imine (C=N–C) groups is 1. The van der Waals surface area contributed by atoms with Gasteiger partial charge in [0.25, 0.3) is 5.91 Å². The SMILES string of the molecule is C/C=C(\N=C(CC)CCCC)C(=O)Nc1cccc(CNc2ncc(Br)c3c2CCO3)c1. The molecule has 3 rings (SSSR count). The molecule has 2 heterocycles. The van der Waals surface area contributed by atoms with Gasteiger partial charge in [0.05, 0.1) is 11.1 Å². The average molecular weight is 499 g/mol. The summed E-state index contributed by atoms with van der Waals surface area (Å²) in [5.41, 5.74) is 4.40. The molecule has 1 aliphatic heterocycles. The van der Waals surface area contributed by atoms with Gasteiger partial charge < -0.3 is 15.4 Å². The maximum atomic E-state index is 12.8. The normalized spacial score (nSPS) is 13.5. The number of amides is 1. The Bertz CT molecular complexity index is 1020. The lowest BCUT2D eigenvalue weighted by Crippen LogP contribution is -2.15. The lowest BCUT2D eigenvalue weighted by Gasteiger charge is -2.12. The second kappa shape index (κ2) is 11.8. The minimum atomic E-state index is -0.190. The number of aromatic nitrogens is 1. The molecule has 1 aromatic carbocycles. The van der Waals surface area contributed by atoms with E-state index in [0.29, 0.717) is 18.8 Å². The molecule has 0 atom stereocenters. The van der Waals surface area contributed by atoms with Gasteiger partial charge in [-0.1, -0.05) is 38.5 Å². The van der Waals surface area contributed by atoms with E-state index >= 15 is 0 Å². The van der Waals surface area contributed by atoms with Crippen molar-refractivity contribution in [2.45, 2.75) is 59.4 Å². The first-order valence-corrected chi connectivity index (χ1v) is 12.0. The molecule has 0 fully saturated rings. The highest BCUT2D eigenvalue weighted by atomic mass is 79.9. The van der Waals surface area contributed by atoms with Crippen molar-refractivity contribution >= 4 is 39.1 Å². The number of pyridine rings is 1. The molecule has 0 radical (unpaired) electrons. The number of allylic oxidation sites excluding steroid dienone is 1. The third kappa shape index (κ3) is 6.19. The van der Waals surface area contributed by atoms with Crippen molar-refractivity contribution in [2.75, 3.05) is 17.2 Å². The summed E-state index contributed by atoms with van der Waals surface area (Å²) in [7, 11) is 0. The highest BCUT2D eigenvalue weighted by Crippen LogP contribution is 2.37. The third-order valence-corrected chi connectivity index (χ3v) is 5.90. The summed E-state index contributed by atoms with van der Waals surface area (Å²) in [6.07, 6.45) is 8.34. The van der Waals surface area contributed by atoms with Crippen LogP contribution in [0.4, 0.5) is 11.5 Å². The molecule has 7 heteroatoms. The van der Waals surface area contributed by atoms with Gasteiger partial charge >= 0.3 is 0 Å². The van der Waals surface area contributed by atoms with Crippen LogP contribution in [0, 0.1) is 0 Å². The fourth-order valence-corrected chi connectivity index (χ4v) is 4.01. The number of hydrogen-bond donors (Lipinski definition) is 2. The average Bonchev–Trinajstić information content (AvgIpc) is 3.30. The fraction of sp³-hybridized carbons (Fsp3) is 0.400. The maximum Gasteiger partial charge on any atom is 0.273 e. The number of rotatable bonds is 10. The van der Waals surface area contributed by atoms with Crippen molar-refractivity contribution in [1.29, 1.82) is 0 Å². The minimum Gasteiger partial charge on any atom is -0.492 e. The molecule has 1 aliphatic rings. The van der Waals surface area contributed by atoms with Crippen LogP contribution in [-0.4, -0.2) is 23.2 Å². The van der Waals surface area contributed by atoms with E-state index in [-0.39, 0.29) is 5.91 Å². The Labute approximate surface area is 198 Å². The molecule has 2 N–H and O–H groups in total. The van der Waals surface area contributed by atoms with Crippen LogP contribution >= 0.6 is 15.9 Å². The van der Waals surface area contributed by atoms with E-state index in [2.05, 4.69) is 50.4 Å². The molecule has 0 aliphatic carbocycles. The lowest BCUT2D eigenvalue weighted by atomic mass is 10.1. The number of nitrogens with zero attached hydrogens (tertiary/aromatic N) is 2. The van der Waals surface area contributed by atoms with Crippen LogP contribution < -0.4 is 15.4 Å². The number of fused-ring (bicyclic) bond motifs is 1. The topological polar surface area (TPSA) is 75.6 Å². The van der Waals surface area contributed by atoms with Crippen LogP contribution in [0.15, 0.2) is 51.7 Å². The maximum absolute atomic E-state index is 12.8. The molecule has 1 aromatic heterocycles. The number of carbonyl (C=O) groups is 1. The molecule has 32 heavy (non-hydrogen) atoms. The Morgan fingerprint density at radius 3 is 2.94 bits per heavy atom. The monoisotopic (exact) mass is 498 g/mol. The highest BCUT2D eigenvalue weighted by Gasteiger charge is 2.20. The second-order valence-corrected chi connectivity index (χ2v) is 8.53. The predicted octanol–water partition coefficient (Wildman–Crippen LogP) is 6.27. The Kier molecular flexibility index (Phi) is 8.85. The summed E-state index contributed by atoms with van der Waals surface area (Å²) in [6, 6.07) is 7.81. The van der Waals surface area contributed by atoms with Gasteiger partial charge in [0, 0.05) is 36.1 Å². The number of hydrogen-bond acceptors (Lipinski definition) is 5. The Morgan fingerprint density at radius 1 is 1.34 bits per heavy atom. The van der Waals surface area contributed by atoms with E-state index in [1.54, 1.807) is 12.3 Å². The van der Waals surface area contributed by atoms with Gasteiger partial charge in [-0.2, -0.15) is 0 Å². The van der Waals surface area contributed by atoms with Gasteiger partial charge in [-0.3, -0.25) is 9.79 Å². The molecular formula is C25H31BrN4O2. The van der Waals surface area contributed by atoms with Crippen molar-refractivity contribution in [2.24, 2.45) is 4.99 Å². The van der Waals surface area contributed by atoms with E-state index in [4.69, 9.17) is 4.74 Å². The fourth-order valence-electron chi connectivity index (χ4n) is 3.55. The number of unbranched alkanes of at least 4 members (excludes halogenated alkanes) is 1. The molecular weight excluding hydrogens is 468 g/mol. The molecule has 6 nitrogen and oxygen atoms in total. The van der Waals surface area contributed by atoms with Gasteiger partial charge in [-0.05, 0) is 59.8 Å². The van der Waals surface area contributed by atoms with Crippen LogP contribution in [0.5, 0.6) is 5.75 Å². The zero-order valence-electron chi connectivity index (χ0n) is 19.0. The number of nitrogens with one attached hydrogen (secondary N) is 2. The van der Waals surface area contributed by atoms with Gasteiger partial charge in [-0.25, -0.2) is 4.98 Å². The molecule has 2 aromatic rings. The standard InChI is InChI=1S/C25H31BrN4O2/c1-4-7-10-18(5-2)29-22(6-3)25(31)30-19-11-8-9-17(14-19)15-27-24-20-12-13-32-23(20)21(26)16-28-24/h6,8-9,11,14,16H,4-5,7,10,12-13,15H2,1-3H3,(H,27,28)(H,30,31)/b22-6-,29-18?. The molecule has 0 bridgehead atoms. The highest BCUT2D eigenvalue weighted by molar-refractivity contribution is 9.10. The van der Waals surface area contributed by atoms with E-state index in [9.17, 15) is 4.79 Å². The van der Waals surface area contributed by atoms with Gasteiger partial charge in [-0.15, -0.1) is 0 Å². The summed E-state index contributed by atoms with van der Waals surface area (Å²) in [5, 5.41) is 6.38. The minimum absolute atomic E-state index is 0.190. The van der Waals surface area contributed by atoms with E-state index in [0.717, 1.165) is 70.7 Å². The number of halogens is 1. The van der Waals surface area contributed by atoms with E-state index in [1.165, 1.54) is 0 Å². The summed E-state index contributed by atoms with van der Waals surface area (Å²) in [6.45, 7) is 7.35. The molecule has 0 spiro atoms. The van der Waals surface area contributed by atoms with E-state index in [1.807, 2.05) is 31.2 Å². The van der Waals surface area contributed by atoms with Crippen LogP contribution in [0.1, 0.15) is 57.6 Å². The lowest BCUT2D eigenvalue weighted by molar-refractivity contribution is -0.112. The smallest absolute Gasteiger partial charge is 0.273 e. The number of benzene rings is 1. The Balaban J connectivity index is 1.65. The molecule has 0 saturated carbocycles. The molecule has 1 amide bonds. The first kappa shape index (κ1) is 24.0. The van der Waals surface area contributed by atoms with Crippen molar-refractivity contribution in [3.8, 4) is 5.75 Å². The van der Waals surface area contributed by atoms with Crippen LogP contribution in [0.25, 0.3) is 0 Å². The third-order valence-electron chi connectivity index (χ3n) is 5.34. The molecule has 170 valence electrons. The zero-order valence-corrected chi connectivity index (χ0v) is 20.6. The quantitative estimate of drug-likeness (QED) is 0.298. The second-order valence-electron chi connectivity index (χ2n) is 7.68. The zero-order chi connectivity index (χ0) is 22.9. The number of ether oxygens (including phenoxy) is 1. The van der Waals surface area contributed by atoms with Crippen molar-refractivity contribution in [1.82, 2.24) is 4.98 Å².